The van der Waals surface area contributed by atoms with E-state index in [2.05, 4.69) is 4.90 Å². The summed E-state index contributed by atoms with van der Waals surface area (Å²) in [5, 5.41) is 8.28. The molecule has 1 N–H and O–H groups in total. The zero-order valence-electron chi connectivity index (χ0n) is 10.5. The third-order valence-corrected chi connectivity index (χ3v) is 2.11. The quantitative estimate of drug-likeness (QED) is 0.375. The van der Waals surface area contributed by atoms with E-state index in [1.54, 1.807) is 0 Å². The first-order chi connectivity index (χ1) is 8.02. The number of hydrogen-bond donors (Lipinski definition) is 1. The molecule has 0 aliphatic heterocycles. The molecule has 0 rings (SSSR count). The molecule has 0 aliphatic carbocycles. The Kier molecular flexibility index (Phi) is 9.05. The molecule has 5 nitrogen and oxygen atoms in total. The highest BCUT2D eigenvalue weighted by Crippen LogP contribution is 2.01. The minimum atomic E-state index is -1.15. The van der Waals surface area contributed by atoms with E-state index in [1.165, 1.54) is 0 Å². The average molecular weight is 243 g/mol. The predicted molar refractivity (Wildman–Crippen MR) is 64.8 cm³/mol. The minimum Gasteiger partial charge on any atom is -0.478 e. The van der Waals surface area contributed by atoms with E-state index in [-0.39, 0.29) is 0 Å². The molecule has 0 fully saturated rings. The van der Waals surface area contributed by atoms with Crippen molar-refractivity contribution in [2.24, 2.45) is 0 Å². The second-order valence-corrected chi connectivity index (χ2v) is 4.06. The van der Waals surface area contributed by atoms with Gasteiger partial charge in [-0.25, -0.2) is 9.59 Å². The van der Waals surface area contributed by atoms with Gasteiger partial charge in [-0.3, -0.25) is 0 Å². The summed E-state index contributed by atoms with van der Waals surface area (Å²) < 4.78 is 4.82. The van der Waals surface area contributed by atoms with Gasteiger partial charge in [-0.15, -0.1) is 0 Å². The van der Waals surface area contributed by atoms with Crippen molar-refractivity contribution >= 4 is 11.9 Å². The Morgan fingerprint density at radius 3 is 2.35 bits per heavy atom. The largest absolute Gasteiger partial charge is 0.478 e. The molecule has 0 spiro atoms. The maximum absolute atomic E-state index is 10.9. The number of hydrogen-bond acceptors (Lipinski definition) is 4. The number of carboxylic acid groups (broad SMARTS) is 1. The van der Waals surface area contributed by atoms with Gasteiger partial charge in [-0.2, -0.15) is 0 Å². The van der Waals surface area contributed by atoms with Gasteiger partial charge in [0, 0.05) is 12.2 Å². The van der Waals surface area contributed by atoms with Crippen LogP contribution in [0.1, 0.15) is 25.7 Å². The van der Waals surface area contributed by atoms with Crippen LogP contribution in [0.3, 0.4) is 0 Å². The molecule has 0 saturated carbocycles. The van der Waals surface area contributed by atoms with Gasteiger partial charge in [-0.1, -0.05) is 12.8 Å². The van der Waals surface area contributed by atoms with Crippen LogP contribution in [0.2, 0.25) is 0 Å². The van der Waals surface area contributed by atoms with E-state index < -0.39 is 11.9 Å². The van der Waals surface area contributed by atoms with E-state index in [0.717, 1.165) is 44.4 Å². The van der Waals surface area contributed by atoms with Crippen molar-refractivity contribution in [3.05, 3.63) is 12.2 Å². The molecule has 0 amide bonds. The molecule has 5 heteroatoms. The topological polar surface area (TPSA) is 66.8 Å². The van der Waals surface area contributed by atoms with Crippen LogP contribution < -0.4 is 0 Å². The van der Waals surface area contributed by atoms with Crippen molar-refractivity contribution in [3.63, 3.8) is 0 Å². The van der Waals surface area contributed by atoms with Crippen molar-refractivity contribution in [2.75, 3.05) is 27.2 Å². The third-order valence-electron chi connectivity index (χ3n) is 2.11. The summed E-state index contributed by atoms with van der Waals surface area (Å²) in [5.74, 6) is -1.74. The Hall–Kier alpha value is -1.36. The SMILES string of the molecule is CN(C)CCCCCCOC(=O)/C=C/C(=O)O. The second kappa shape index (κ2) is 9.84. The molecular formula is C12H21NO4. The number of rotatable bonds is 9. The van der Waals surface area contributed by atoms with Crippen molar-refractivity contribution in [3.8, 4) is 0 Å². The van der Waals surface area contributed by atoms with Gasteiger partial charge in [0.25, 0.3) is 0 Å². The van der Waals surface area contributed by atoms with E-state index >= 15 is 0 Å². The van der Waals surface area contributed by atoms with Crippen LogP contribution in [0.25, 0.3) is 0 Å². The molecule has 0 bridgehead atoms. The monoisotopic (exact) mass is 243 g/mol. The summed E-state index contributed by atoms with van der Waals surface area (Å²) in [6.45, 7) is 1.42. The fraction of sp³-hybridized carbons (Fsp3) is 0.667. The molecular weight excluding hydrogens is 222 g/mol. The van der Waals surface area contributed by atoms with Crippen LogP contribution in [0.15, 0.2) is 12.2 Å². The molecule has 0 aromatic heterocycles. The highest BCUT2D eigenvalue weighted by molar-refractivity contribution is 5.90. The van der Waals surface area contributed by atoms with Gasteiger partial charge in [0.2, 0.25) is 0 Å². The summed E-state index contributed by atoms with van der Waals surface area (Å²) in [5.41, 5.74) is 0. The standard InChI is InChI=1S/C12H21NO4/c1-13(2)9-5-3-4-6-10-17-12(16)8-7-11(14)15/h7-8H,3-6,9-10H2,1-2H3,(H,14,15)/b8-7+. The maximum atomic E-state index is 10.9. The molecule has 0 aromatic carbocycles. The van der Waals surface area contributed by atoms with Crippen LogP contribution in [0.4, 0.5) is 0 Å². The lowest BCUT2D eigenvalue weighted by atomic mass is 10.2. The van der Waals surface area contributed by atoms with Crippen molar-refractivity contribution in [2.45, 2.75) is 25.7 Å². The van der Waals surface area contributed by atoms with Crippen molar-refractivity contribution in [1.29, 1.82) is 0 Å². The fourth-order valence-corrected chi connectivity index (χ4v) is 1.24. The van der Waals surface area contributed by atoms with Crippen molar-refractivity contribution in [1.82, 2.24) is 4.90 Å². The molecule has 0 heterocycles. The fourth-order valence-electron chi connectivity index (χ4n) is 1.24. The Morgan fingerprint density at radius 2 is 1.76 bits per heavy atom. The Morgan fingerprint density at radius 1 is 1.12 bits per heavy atom. The Labute approximate surface area is 102 Å². The van der Waals surface area contributed by atoms with E-state index in [0.29, 0.717) is 6.61 Å². The average Bonchev–Trinajstić information content (AvgIpc) is 2.24. The molecule has 0 aromatic rings. The first-order valence-electron chi connectivity index (χ1n) is 5.75. The van der Waals surface area contributed by atoms with E-state index in [4.69, 9.17) is 9.84 Å². The number of nitrogens with zero attached hydrogens (tertiary/aromatic N) is 1. The second-order valence-electron chi connectivity index (χ2n) is 4.06. The lowest BCUT2D eigenvalue weighted by Gasteiger charge is -2.08. The lowest BCUT2D eigenvalue weighted by molar-refractivity contribution is -0.138. The number of carbonyl (C=O) groups is 2. The zero-order chi connectivity index (χ0) is 13.1. The molecule has 98 valence electrons. The zero-order valence-corrected chi connectivity index (χ0v) is 10.5. The van der Waals surface area contributed by atoms with Gasteiger partial charge in [0.05, 0.1) is 6.61 Å². The third kappa shape index (κ3) is 12.6. The number of aliphatic carboxylic acids is 1. The van der Waals surface area contributed by atoms with Gasteiger partial charge >= 0.3 is 11.9 Å². The highest BCUT2D eigenvalue weighted by Gasteiger charge is 1.98. The number of esters is 1. The van der Waals surface area contributed by atoms with Crippen molar-refractivity contribution < 1.29 is 19.4 Å². The van der Waals surface area contributed by atoms with Crippen LogP contribution >= 0.6 is 0 Å². The molecule has 17 heavy (non-hydrogen) atoms. The molecule has 0 saturated heterocycles. The first kappa shape index (κ1) is 15.6. The molecule has 0 unspecified atom stereocenters. The number of carboxylic acids is 1. The molecule has 0 radical (unpaired) electrons. The smallest absolute Gasteiger partial charge is 0.331 e. The predicted octanol–water partition coefficient (Wildman–Crippen LogP) is 1.29. The number of ether oxygens (including phenoxy) is 1. The van der Waals surface area contributed by atoms with Crippen LogP contribution in [0.5, 0.6) is 0 Å². The normalized spacial score (nSPS) is 11.0. The highest BCUT2D eigenvalue weighted by atomic mass is 16.5. The minimum absolute atomic E-state index is 0.352. The van der Waals surface area contributed by atoms with Crippen LogP contribution in [-0.4, -0.2) is 49.2 Å². The van der Waals surface area contributed by atoms with Gasteiger partial charge in [0.1, 0.15) is 0 Å². The van der Waals surface area contributed by atoms with E-state index in [1.807, 2.05) is 14.1 Å². The van der Waals surface area contributed by atoms with E-state index in [9.17, 15) is 9.59 Å². The van der Waals surface area contributed by atoms with Gasteiger partial charge in [0.15, 0.2) is 0 Å². The summed E-state index contributed by atoms with van der Waals surface area (Å²) in [6.07, 6.45) is 5.79. The molecule has 0 aliphatic rings. The Bertz CT molecular complexity index is 261. The van der Waals surface area contributed by atoms with Gasteiger partial charge in [-0.05, 0) is 33.5 Å². The Balaban J connectivity index is 3.34. The van der Waals surface area contributed by atoms with Crippen LogP contribution in [-0.2, 0) is 14.3 Å². The number of unbranched alkanes of at least 4 members (excludes halogenated alkanes) is 3. The van der Waals surface area contributed by atoms with Gasteiger partial charge < -0.3 is 14.7 Å². The summed E-state index contributed by atoms with van der Waals surface area (Å²) >= 11 is 0. The van der Waals surface area contributed by atoms with Crippen LogP contribution in [0, 0.1) is 0 Å². The summed E-state index contributed by atoms with van der Waals surface area (Å²) in [6, 6.07) is 0. The maximum Gasteiger partial charge on any atom is 0.331 e. The summed E-state index contributed by atoms with van der Waals surface area (Å²) in [7, 11) is 4.08. The first-order valence-corrected chi connectivity index (χ1v) is 5.75. The lowest BCUT2D eigenvalue weighted by Crippen LogP contribution is -2.12. The molecule has 0 atom stereocenters. The number of carbonyl (C=O) groups excluding carboxylic acids is 1. The summed E-state index contributed by atoms with van der Waals surface area (Å²) in [4.78, 5) is 23.2.